The summed E-state index contributed by atoms with van der Waals surface area (Å²) in [7, 11) is 1.71. The van der Waals surface area contributed by atoms with Gasteiger partial charge in [-0.25, -0.2) is 0 Å². The summed E-state index contributed by atoms with van der Waals surface area (Å²) in [5.74, 6) is -0.985. The molecule has 0 bridgehead atoms. The van der Waals surface area contributed by atoms with Crippen molar-refractivity contribution in [1.82, 2.24) is 10.6 Å². The van der Waals surface area contributed by atoms with Gasteiger partial charge in [-0.3, -0.25) is 19.7 Å². The lowest BCUT2D eigenvalue weighted by Crippen LogP contribution is -2.46. The summed E-state index contributed by atoms with van der Waals surface area (Å²) in [6.07, 6.45) is 2.32. The van der Waals surface area contributed by atoms with Crippen LogP contribution < -0.4 is 10.6 Å². The van der Waals surface area contributed by atoms with Crippen LogP contribution in [0.15, 0.2) is 0 Å². The van der Waals surface area contributed by atoms with Crippen LogP contribution in [0.2, 0.25) is 0 Å². The largest absolute Gasteiger partial charge is 0.481 e. The van der Waals surface area contributed by atoms with Crippen LogP contribution in [0.1, 0.15) is 40.0 Å². The van der Waals surface area contributed by atoms with E-state index in [4.69, 9.17) is 5.11 Å². The number of likely N-dealkylation sites (N-methyl/N-ethyl adjacent to an activating group) is 1. The quantitative estimate of drug-likeness (QED) is 0.490. The van der Waals surface area contributed by atoms with Gasteiger partial charge in [0, 0.05) is 12.5 Å². The van der Waals surface area contributed by atoms with Crippen LogP contribution in [0, 0.1) is 0 Å². The van der Waals surface area contributed by atoms with E-state index in [1.807, 2.05) is 0 Å². The van der Waals surface area contributed by atoms with E-state index in [2.05, 4.69) is 10.6 Å². The third-order valence-electron chi connectivity index (χ3n) is 3.45. The fourth-order valence-corrected chi connectivity index (χ4v) is 2.44. The molecule has 0 aliphatic carbocycles. The first kappa shape index (κ1) is 20.1. The Bertz CT molecular complexity index is 385. The van der Waals surface area contributed by atoms with Crippen LogP contribution in [0.4, 0.5) is 0 Å². The highest BCUT2D eigenvalue weighted by Crippen LogP contribution is 2.14. The molecule has 0 heterocycles. The van der Waals surface area contributed by atoms with E-state index in [1.165, 1.54) is 18.7 Å². The van der Waals surface area contributed by atoms with Gasteiger partial charge in [-0.1, -0.05) is 0 Å². The maximum absolute atomic E-state index is 12.1. The fraction of sp³-hybridized carbons (Fsp3) is 0.786. The van der Waals surface area contributed by atoms with Gasteiger partial charge in [0.1, 0.15) is 5.37 Å². The van der Waals surface area contributed by atoms with Crippen molar-refractivity contribution in [1.29, 1.82) is 0 Å². The maximum atomic E-state index is 12.1. The molecule has 0 aromatic carbocycles. The van der Waals surface area contributed by atoms with E-state index in [0.29, 0.717) is 6.42 Å². The number of Topliss-reactive ketones (excluding diaryl/α,β-unsaturated/α-hetero) is 2. The van der Waals surface area contributed by atoms with Crippen molar-refractivity contribution in [2.24, 2.45) is 0 Å². The van der Waals surface area contributed by atoms with E-state index in [9.17, 15) is 14.4 Å². The van der Waals surface area contributed by atoms with Gasteiger partial charge in [0.25, 0.3) is 0 Å². The Labute approximate surface area is 130 Å². The van der Waals surface area contributed by atoms with Gasteiger partial charge in [0.15, 0.2) is 11.6 Å². The molecule has 0 saturated heterocycles. The highest BCUT2D eigenvalue weighted by molar-refractivity contribution is 7.99. The molecule has 0 aliphatic rings. The van der Waals surface area contributed by atoms with Crippen molar-refractivity contribution in [3.63, 3.8) is 0 Å². The molecule has 0 saturated carbocycles. The topological polar surface area (TPSA) is 95.5 Å². The molecule has 0 spiro atoms. The van der Waals surface area contributed by atoms with Gasteiger partial charge in [-0.05, 0) is 40.5 Å². The van der Waals surface area contributed by atoms with Crippen molar-refractivity contribution >= 4 is 29.3 Å². The van der Waals surface area contributed by atoms with Crippen LogP contribution >= 0.6 is 11.8 Å². The van der Waals surface area contributed by atoms with Crippen molar-refractivity contribution < 1.29 is 19.5 Å². The predicted octanol–water partition coefficient (Wildman–Crippen LogP) is 1.04. The molecular weight excluding hydrogens is 292 g/mol. The number of carboxylic acid groups (broad SMARTS) is 1. The lowest BCUT2D eigenvalue weighted by molar-refractivity contribution is -0.138. The van der Waals surface area contributed by atoms with Crippen LogP contribution in [-0.2, 0) is 14.4 Å². The second kappa shape index (κ2) is 9.17. The number of rotatable bonds is 11. The SMILES string of the molecule is CNC(C)(C)C(=O)CCC(CC(=O)O)NC(SC)C(C)=O. The fourth-order valence-electron chi connectivity index (χ4n) is 1.78. The number of ketones is 2. The van der Waals surface area contributed by atoms with E-state index in [-0.39, 0.29) is 24.4 Å². The van der Waals surface area contributed by atoms with Gasteiger partial charge >= 0.3 is 5.97 Å². The molecule has 0 aromatic rings. The predicted molar refractivity (Wildman–Crippen MR) is 84.5 cm³/mol. The number of carboxylic acids is 1. The number of carbonyl (C=O) groups excluding carboxylic acids is 2. The molecule has 6 nitrogen and oxygen atoms in total. The Morgan fingerprint density at radius 2 is 1.86 bits per heavy atom. The van der Waals surface area contributed by atoms with E-state index in [0.717, 1.165) is 0 Å². The molecule has 0 aliphatic heterocycles. The number of carbonyl (C=O) groups is 3. The summed E-state index contributed by atoms with van der Waals surface area (Å²) in [6.45, 7) is 5.03. The van der Waals surface area contributed by atoms with Crippen molar-refractivity contribution in [2.75, 3.05) is 13.3 Å². The molecule has 0 fully saturated rings. The molecule has 2 atom stereocenters. The average molecular weight is 318 g/mol. The highest BCUT2D eigenvalue weighted by Gasteiger charge is 2.27. The molecule has 0 rings (SSSR count). The van der Waals surface area contributed by atoms with Gasteiger partial charge in [0.2, 0.25) is 0 Å². The molecular formula is C14H26N2O4S. The first-order valence-corrected chi connectivity index (χ1v) is 8.16. The smallest absolute Gasteiger partial charge is 0.304 e. The average Bonchev–Trinajstić information content (AvgIpc) is 2.40. The minimum atomic E-state index is -0.948. The number of nitrogens with one attached hydrogen (secondary N) is 2. The van der Waals surface area contributed by atoms with Crippen LogP contribution in [0.3, 0.4) is 0 Å². The summed E-state index contributed by atoms with van der Waals surface area (Å²) in [5.41, 5.74) is -0.632. The summed E-state index contributed by atoms with van der Waals surface area (Å²) in [4.78, 5) is 34.4. The standard InChI is InChI=1S/C14H26N2O4S/c1-9(17)13(21-5)16-10(8-12(19)20)6-7-11(18)14(2,3)15-4/h10,13,15-16H,6-8H2,1-5H3,(H,19,20). The number of thioether (sulfide) groups is 1. The molecule has 0 radical (unpaired) electrons. The summed E-state index contributed by atoms with van der Waals surface area (Å²) in [6, 6.07) is -0.402. The summed E-state index contributed by atoms with van der Waals surface area (Å²) in [5, 5.41) is 14.5. The number of hydrogen-bond donors (Lipinski definition) is 3. The van der Waals surface area contributed by atoms with Gasteiger partial charge in [-0.2, -0.15) is 0 Å². The second-order valence-electron chi connectivity index (χ2n) is 5.52. The van der Waals surface area contributed by atoms with Crippen LogP contribution in [-0.4, -0.2) is 52.9 Å². The van der Waals surface area contributed by atoms with Gasteiger partial charge < -0.3 is 10.4 Å². The zero-order chi connectivity index (χ0) is 16.6. The Morgan fingerprint density at radius 3 is 2.24 bits per heavy atom. The molecule has 21 heavy (non-hydrogen) atoms. The van der Waals surface area contributed by atoms with Crippen molar-refractivity contribution in [2.45, 2.75) is 57.0 Å². The molecule has 0 amide bonds. The second-order valence-corrected chi connectivity index (χ2v) is 6.47. The molecule has 2 unspecified atom stereocenters. The minimum absolute atomic E-state index is 0.0192. The first-order valence-electron chi connectivity index (χ1n) is 6.87. The summed E-state index contributed by atoms with van der Waals surface area (Å²) >= 11 is 1.33. The van der Waals surface area contributed by atoms with Gasteiger partial charge in [0.05, 0.1) is 12.0 Å². The van der Waals surface area contributed by atoms with E-state index < -0.39 is 22.9 Å². The Hall–Kier alpha value is -0.920. The molecule has 3 N–H and O–H groups in total. The third kappa shape index (κ3) is 7.59. The Kier molecular flexibility index (Phi) is 8.77. The highest BCUT2D eigenvalue weighted by atomic mass is 32.2. The molecule has 0 aromatic heterocycles. The lowest BCUT2D eigenvalue weighted by atomic mass is 9.93. The van der Waals surface area contributed by atoms with E-state index in [1.54, 1.807) is 27.2 Å². The molecule has 122 valence electrons. The third-order valence-corrected chi connectivity index (χ3v) is 4.39. The zero-order valence-corrected chi connectivity index (χ0v) is 14.2. The minimum Gasteiger partial charge on any atom is -0.481 e. The van der Waals surface area contributed by atoms with Crippen LogP contribution in [0.5, 0.6) is 0 Å². The Balaban J connectivity index is 4.67. The van der Waals surface area contributed by atoms with Crippen molar-refractivity contribution in [3.05, 3.63) is 0 Å². The normalized spacial score (nSPS) is 14.5. The van der Waals surface area contributed by atoms with Gasteiger partial charge in [-0.15, -0.1) is 11.8 Å². The lowest BCUT2D eigenvalue weighted by Gasteiger charge is -2.25. The number of hydrogen-bond acceptors (Lipinski definition) is 6. The Morgan fingerprint density at radius 1 is 1.29 bits per heavy atom. The van der Waals surface area contributed by atoms with E-state index >= 15 is 0 Å². The van der Waals surface area contributed by atoms with Crippen LogP contribution in [0.25, 0.3) is 0 Å². The maximum Gasteiger partial charge on any atom is 0.304 e. The molecule has 7 heteroatoms. The first-order chi connectivity index (χ1) is 9.63. The summed E-state index contributed by atoms with van der Waals surface area (Å²) < 4.78 is 0. The van der Waals surface area contributed by atoms with Crippen molar-refractivity contribution in [3.8, 4) is 0 Å². The monoisotopic (exact) mass is 318 g/mol. The zero-order valence-electron chi connectivity index (χ0n) is 13.4. The number of aliphatic carboxylic acids is 1.